The van der Waals surface area contributed by atoms with Crippen LogP contribution in [0.3, 0.4) is 0 Å². The van der Waals surface area contributed by atoms with Crippen LogP contribution in [0.15, 0.2) is 18.2 Å². The van der Waals surface area contributed by atoms with Crippen molar-refractivity contribution in [2.24, 2.45) is 5.92 Å². The second kappa shape index (κ2) is 5.02. The minimum Gasteiger partial charge on any atom is -0.312 e. The Labute approximate surface area is 110 Å². The number of hydrogen-bond donors (Lipinski definition) is 1. The maximum atomic E-state index is 3.68. The molecular formula is C16H24N2. The second-order valence-electron chi connectivity index (χ2n) is 6.15. The van der Waals surface area contributed by atoms with E-state index in [0.29, 0.717) is 0 Å². The van der Waals surface area contributed by atoms with E-state index in [1.165, 1.54) is 49.2 Å². The second-order valence-corrected chi connectivity index (χ2v) is 6.15. The summed E-state index contributed by atoms with van der Waals surface area (Å²) < 4.78 is 0. The van der Waals surface area contributed by atoms with Crippen LogP contribution >= 0.6 is 0 Å². The quantitative estimate of drug-likeness (QED) is 0.860. The zero-order chi connectivity index (χ0) is 12.5. The maximum absolute atomic E-state index is 3.68. The predicted molar refractivity (Wildman–Crippen MR) is 75.7 cm³/mol. The number of rotatable bonds is 2. The Balaban J connectivity index is 1.66. The van der Waals surface area contributed by atoms with Crippen molar-refractivity contribution in [3.05, 3.63) is 34.9 Å². The van der Waals surface area contributed by atoms with Crippen LogP contribution in [0.25, 0.3) is 0 Å². The minimum absolute atomic E-state index is 0.754. The fraction of sp³-hybridized carbons (Fsp3) is 0.625. The van der Waals surface area contributed by atoms with E-state index in [0.717, 1.165) is 18.5 Å². The topological polar surface area (TPSA) is 15.3 Å². The third-order valence-electron chi connectivity index (χ3n) is 4.36. The van der Waals surface area contributed by atoms with Gasteiger partial charge in [0.05, 0.1) is 0 Å². The average molecular weight is 244 g/mol. The standard InChI is InChI=1S/C16H24N2/c1-12-6-13(2)8-14(7-12)9-18-10-15-4-3-5-17-16(15)11-18/h6-8,15-17H,3-5,9-11H2,1-2H3. The van der Waals surface area contributed by atoms with Crippen molar-refractivity contribution in [2.75, 3.05) is 19.6 Å². The Bertz CT molecular complexity index is 393. The molecule has 2 fully saturated rings. The molecule has 0 saturated carbocycles. The number of benzene rings is 1. The number of fused-ring (bicyclic) bond motifs is 1. The third-order valence-corrected chi connectivity index (χ3v) is 4.36. The molecule has 98 valence electrons. The van der Waals surface area contributed by atoms with Gasteiger partial charge in [0.15, 0.2) is 0 Å². The molecule has 2 atom stereocenters. The van der Waals surface area contributed by atoms with Crippen LogP contribution in [0.2, 0.25) is 0 Å². The lowest BCUT2D eigenvalue weighted by atomic mass is 9.94. The van der Waals surface area contributed by atoms with E-state index in [1.807, 2.05) is 0 Å². The van der Waals surface area contributed by atoms with Crippen LogP contribution in [0.4, 0.5) is 0 Å². The molecule has 1 aromatic rings. The summed E-state index contributed by atoms with van der Waals surface area (Å²) >= 11 is 0. The fourth-order valence-corrected chi connectivity index (χ4v) is 3.68. The number of likely N-dealkylation sites (tertiary alicyclic amines) is 1. The van der Waals surface area contributed by atoms with Crippen LogP contribution in [-0.2, 0) is 6.54 Å². The molecule has 0 bridgehead atoms. The summed E-state index contributed by atoms with van der Waals surface area (Å²) in [6.07, 6.45) is 2.78. The van der Waals surface area contributed by atoms with Gasteiger partial charge in [0.2, 0.25) is 0 Å². The van der Waals surface area contributed by atoms with Gasteiger partial charge in [-0.2, -0.15) is 0 Å². The van der Waals surface area contributed by atoms with E-state index < -0.39 is 0 Å². The number of nitrogens with one attached hydrogen (secondary N) is 1. The predicted octanol–water partition coefficient (Wildman–Crippen LogP) is 2.49. The molecule has 1 aromatic carbocycles. The molecule has 2 nitrogen and oxygen atoms in total. The van der Waals surface area contributed by atoms with Crippen molar-refractivity contribution < 1.29 is 0 Å². The van der Waals surface area contributed by atoms with Crippen LogP contribution in [0, 0.1) is 19.8 Å². The summed E-state index contributed by atoms with van der Waals surface area (Å²) in [6, 6.07) is 7.68. The summed E-state index contributed by atoms with van der Waals surface area (Å²) in [7, 11) is 0. The highest BCUT2D eigenvalue weighted by Gasteiger charge is 2.33. The normalized spacial score (nSPS) is 28.3. The molecular weight excluding hydrogens is 220 g/mol. The monoisotopic (exact) mass is 244 g/mol. The summed E-state index contributed by atoms with van der Waals surface area (Å²) in [4.78, 5) is 2.63. The van der Waals surface area contributed by atoms with Gasteiger partial charge < -0.3 is 5.32 Å². The molecule has 2 unspecified atom stereocenters. The smallest absolute Gasteiger partial charge is 0.0235 e. The van der Waals surface area contributed by atoms with Gasteiger partial charge in [-0.1, -0.05) is 29.3 Å². The van der Waals surface area contributed by atoms with E-state index >= 15 is 0 Å². The molecule has 0 aromatic heterocycles. The lowest BCUT2D eigenvalue weighted by Crippen LogP contribution is -2.40. The Hall–Kier alpha value is -0.860. The molecule has 2 heteroatoms. The molecule has 1 N–H and O–H groups in total. The van der Waals surface area contributed by atoms with Crippen LogP contribution in [0.5, 0.6) is 0 Å². The van der Waals surface area contributed by atoms with Gasteiger partial charge in [-0.25, -0.2) is 0 Å². The van der Waals surface area contributed by atoms with Crippen molar-refractivity contribution in [1.29, 1.82) is 0 Å². The Morgan fingerprint density at radius 3 is 2.67 bits per heavy atom. The highest BCUT2D eigenvalue weighted by molar-refractivity contribution is 5.28. The molecule has 2 heterocycles. The third kappa shape index (κ3) is 2.60. The molecule has 2 saturated heterocycles. The molecule has 2 aliphatic heterocycles. The van der Waals surface area contributed by atoms with Gasteiger partial charge in [0, 0.05) is 25.7 Å². The molecule has 3 rings (SSSR count). The van der Waals surface area contributed by atoms with Crippen molar-refractivity contribution >= 4 is 0 Å². The van der Waals surface area contributed by atoms with Crippen molar-refractivity contribution in [3.63, 3.8) is 0 Å². The summed E-state index contributed by atoms with van der Waals surface area (Å²) in [6.45, 7) is 9.25. The van der Waals surface area contributed by atoms with Gasteiger partial charge in [-0.15, -0.1) is 0 Å². The van der Waals surface area contributed by atoms with Crippen LogP contribution in [0.1, 0.15) is 29.5 Å². The van der Waals surface area contributed by atoms with E-state index in [4.69, 9.17) is 0 Å². The summed E-state index contributed by atoms with van der Waals surface area (Å²) in [5, 5.41) is 3.68. The number of hydrogen-bond acceptors (Lipinski definition) is 2. The van der Waals surface area contributed by atoms with Crippen LogP contribution < -0.4 is 5.32 Å². The minimum atomic E-state index is 0.754. The lowest BCUT2D eigenvalue weighted by Gasteiger charge is -2.24. The van der Waals surface area contributed by atoms with Crippen LogP contribution in [-0.4, -0.2) is 30.6 Å². The number of piperidine rings is 1. The largest absolute Gasteiger partial charge is 0.312 e. The van der Waals surface area contributed by atoms with E-state index in [1.54, 1.807) is 0 Å². The molecule has 2 aliphatic rings. The highest BCUT2D eigenvalue weighted by atomic mass is 15.2. The summed E-state index contributed by atoms with van der Waals surface area (Å²) in [5.74, 6) is 0.893. The molecule has 18 heavy (non-hydrogen) atoms. The first-order chi connectivity index (χ1) is 8.70. The Kier molecular flexibility index (Phi) is 3.40. The van der Waals surface area contributed by atoms with Gasteiger partial charge in [-0.05, 0) is 44.7 Å². The SMILES string of the molecule is Cc1cc(C)cc(CN2CC3CCCNC3C2)c1. The first kappa shape index (κ1) is 12.2. The summed E-state index contributed by atoms with van der Waals surface area (Å²) in [5.41, 5.74) is 4.26. The van der Waals surface area contributed by atoms with Gasteiger partial charge >= 0.3 is 0 Å². The van der Waals surface area contributed by atoms with E-state index in [9.17, 15) is 0 Å². The van der Waals surface area contributed by atoms with E-state index in [-0.39, 0.29) is 0 Å². The number of nitrogens with zero attached hydrogens (tertiary/aromatic N) is 1. The van der Waals surface area contributed by atoms with Gasteiger partial charge in [0.25, 0.3) is 0 Å². The Morgan fingerprint density at radius 2 is 1.94 bits per heavy atom. The van der Waals surface area contributed by atoms with Gasteiger partial charge in [-0.3, -0.25) is 4.90 Å². The zero-order valence-corrected chi connectivity index (χ0v) is 11.6. The first-order valence-electron chi connectivity index (χ1n) is 7.23. The van der Waals surface area contributed by atoms with Crippen molar-refractivity contribution in [1.82, 2.24) is 10.2 Å². The lowest BCUT2D eigenvalue weighted by molar-refractivity contribution is 0.312. The zero-order valence-electron chi connectivity index (χ0n) is 11.6. The average Bonchev–Trinajstić information content (AvgIpc) is 2.69. The van der Waals surface area contributed by atoms with Crippen molar-refractivity contribution in [2.45, 2.75) is 39.3 Å². The number of aryl methyl sites for hydroxylation is 2. The molecule has 0 amide bonds. The Morgan fingerprint density at radius 1 is 1.17 bits per heavy atom. The van der Waals surface area contributed by atoms with Gasteiger partial charge in [0.1, 0.15) is 0 Å². The molecule has 0 radical (unpaired) electrons. The fourth-order valence-electron chi connectivity index (χ4n) is 3.68. The molecule has 0 spiro atoms. The van der Waals surface area contributed by atoms with Crippen molar-refractivity contribution in [3.8, 4) is 0 Å². The highest BCUT2D eigenvalue weighted by Crippen LogP contribution is 2.26. The maximum Gasteiger partial charge on any atom is 0.0235 e. The van der Waals surface area contributed by atoms with E-state index in [2.05, 4.69) is 42.3 Å². The first-order valence-corrected chi connectivity index (χ1v) is 7.23. The molecule has 0 aliphatic carbocycles.